The highest BCUT2D eigenvalue weighted by atomic mass is 19.4. The maximum atomic E-state index is 13.1. The molecule has 0 aromatic heterocycles. The zero-order chi connectivity index (χ0) is 31.8. The fourth-order valence-corrected chi connectivity index (χ4v) is 5.26. The van der Waals surface area contributed by atoms with E-state index < -0.39 is 48.7 Å². The van der Waals surface area contributed by atoms with Gasteiger partial charge in [0.1, 0.15) is 6.23 Å². The van der Waals surface area contributed by atoms with Crippen molar-refractivity contribution >= 4 is 24.2 Å². The van der Waals surface area contributed by atoms with Crippen LogP contribution in [0.25, 0.3) is 0 Å². The van der Waals surface area contributed by atoms with E-state index in [1.54, 1.807) is 4.90 Å². The lowest BCUT2D eigenvalue weighted by Gasteiger charge is -2.28. The van der Waals surface area contributed by atoms with E-state index in [0.29, 0.717) is 55.7 Å². The van der Waals surface area contributed by atoms with Gasteiger partial charge in [-0.25, -0.2) is 0 Å². The molecule has 0 bridgehead atoms. The number of rotatable bonds is 16. The van der Waals surface area contributed by atoms with Crippen molar-refractivity contribution < 1.29 is 32.8 Å². The van der Waals surface area contributed by atoms with Crippen molar-refractivity contribution in [3.8, 4) is 0 Å². The lowest BCUT2D eigenvalue weighted by atomic mass is 9.77. The number of fused-ring (bicyclic) bond motifs is 1. The molecule has 10 nitrogen and oxygen atoms in total. The maximum absolute atomic E-state index is 13.1. The van der Waals surface area contributed by atoms with Crippen LogP contribution in [-0.4, -0.2) is 79.1 Å². The first-order valence-electron chi connectivity index (χ1n) is 14.5. The highest BCUT2D eigenvalue weighted by molar-refractivity contribution is 6.63. The monoisotopic (exact) mass is 608 g/mol. The van der Waals surface area contributed by atoms with Crippen molar-refractivity contribution in [2.45, 2.75) is 69.6 Å². The van der Waals surface area contributed by atoms with Gasteiger partial charge in [0.05, 0.1) is 17.2 Å². The number of nitrogens with one attached hydrogen (secondary N) is 2. The Morgan fingerprint density at radius 3 is 2.33 bits per heavy atom. The summed E-state index contributed by atoms with van der Waals surface area (Å²) in [5.74, 6) is -0.418. The Balaban J connectivity index is 1.69. The first-order valence-corrected chi connectivity index (χ1v) is 14.5. The molecule has 43 heavy (non-hydrogen) atoms. The van der Waals surface area contributed by atoms with E-state index in [0.717, 1.165) is 17.7 Å². The van der Waals surface area contributed by atoms with Crippen molar-refractivity contribution in [2.75, 3.05) is 38.0 Å². The Bertz CT molecular complexity index is 1180. The van der Waals surface area contributed by atoms with Gasteiger partial charge in [0.25, 0.3) is 0 Å². The highest BCUT2D eigenvalue weighted by Gasteiger charge is 2.42. The topological polar surface area (TPSA) is 172 Å². The van der Waals surface area contributed by atoms with Crippen molar-refractivity contribution in [3.05, 3.63) is 59.2 Å². The fraction of sp³-hybridized carbons (Fsp3) is 0.552. The molecular weight excluding hydrogens is 564 g/mol. The Hall–Kier alpha value is -2.72. The van der Waals surface area contributed by atoms with Gasteiger partial charge in [0, 0.05) is 49.9 Å². The molecule has 3 unspecified atom stereocenters. The van der Waals surface area contributed by atoms with E-state index in [9.17, 15) is 28.1 Å². The van der Waals surface area contributed by atoms with Crippen molar-refractivity contribution in [1.82, 2.24) is 10.2 Å². The van der Waals surface area contributed by atoms with E-state index in [1.165, 1.54) is 12.1 Å². The number of carbonyl (C=O) groups is 1. The number of nitrogens with zero attached hydrogens (tertiary/aromatic N) is 1. The number of aliphatic hydroxyl groups is 1. The second kappa shape index (κ2) is 15.3. The Kier molecular flexibility index (Phi) is 12.4. The fourth-order valence-electron chi connectivity index (χ4n) is 5.26. The summed E-state index contributed by atoms with van der Waals surface area (Å²) >= 11 is 0. The van der Waals surface area contributed by atoms with Gasteiger partial charge in [-0.3, -0.25) is 9.69 Å². The number of halogens is 3. The molecule has 0 fully saturated rings. The number of amides is 1. The summed E-state index contributed by atoms with van der Waals surface area (Å²) in [4.78, 5) is 14.8. The minimum atomic E-state index is -4.42. The molecule has 1 aliphatic rings. The van der Waals surface area contributed by atoms with Crippen LogP contribution in [-0.2, 0) is 27.6 Å². The molecule has 0 aliphatic carbocycles. The molecule has 0 saturated heterocycles. The predicted molar refractivity (Wildman–Crippen MR) is 161 cm³/mol. The molecular formula is C29H44BF3N6O4. The number of nitrogens with two attached hydrogens (primary N) is 3. The van der Waals surface area contributed by atoms with Gasteiger partial charge in [0.2, 0.25) is 5.91 Å². The van der Waals surface area contributed by atoms with E-state index in [4.69, 9.17) is 21.9 Å². The number of anilines is 1. The Morgan fingerprint density at radius 1 is 1.07 bits per heavy atom. The molecule has 0 radical (unpaired) electrons. The summed E-state index contributed by atoms with van der Waals surface area (Å²) in [5, 5.41) is 27.3. The maximum Gasteiger partial charge on any atom is 0.494 e. The highest BCUT2D eigenvalue weighted by Crippen LogP contribution is 2.32. The van der Waals surface area contributed by atoms with Gasteiger partial charge in [-0.1, -0.05) is 24.3 Å². The van der Waals surface area contributed by atoms with Gasteiger partial charge in [-0.2, -0.15) is 13.2 Å². The van der Waals surface area contributed by atoms with Crippen LogP contribution in [0.15, 0.2) is 42.5 Å². The smallest absolute Gasteiger partial charge is 0.423 e. The minimum Gasteiger partial charge on any atom is -0.423 e. The number of aryl methyl sites for hydroxylation is 1. The molecule has 238 valence electrons. The van der Waals surface area contributed by atoms with Crippen LogP contribution in [0.4, 0.5) is 18.9 Å². The molecule has 14 heteroatoms. The van der Waals surface area contributed by atoms with Crippen LogP contribution in [0.5, 0.6) is 0 Å². The number of alkyl halides is 3. The summed E-state index contributed by atoms with van der Waals surface area (Å²) < 4.78 is 44.7. The zero-order valence-corrected chi connectivity index (χ0v) is 24.7. The molecule has 2 aromatic rings. The van der Waals surface area contributed by atoms with Crippen LogP contribution in [0, 0.1) is 0 Å². The first kappa shape index (κ1) is 34.8. The Labute approximate surface area is 251 Å². The third-order valence-electron chi connectivity index (χ3n) is 7.68. The van der Waals surface area contributed by atoms with Crippen LogP contribution in [0.1, 0.15) is 49.8 Å². The second-order valence-corrected chi connectivity index (χ2v) is 11.3. The normalized spacial score (nSPS) is 16.6. The average Bonchev–Trinajstić information content (AvgIpc) is 3.20. The summed E-state index contributed by atoms with van der Waals surface area (Å²) in [6.07, 6.45) is -4.01. The molecule has 1 aliphatic heterocycles. The molecule has 0 saturated carbocycles. The van der Waals surface area contributed by atoms with Gasteiger partial charge in [-0.15, -0.1) is 0 Å². The second-order valence-electron chi connectivity index (χ2n) is 11.3. The molecule has 3 rings (SSSR count). The van der Waals surface area contributed by atoms with Gasteiger partial charge in [0.15, 0.2) is 0 Å². The lowest BCUT2D eigenvalue weighted by molar-refractivity contribution is -0.137. The lowest BCUT2D eigenvalue weighted by Crippen LogP contribution is -2.49. The largest absolute Gasteiger partial charge is 0.494 e. The molecule has 1 heterocycles. The Morgan fingerprint density at radius 2 is 1.72 bits per heavy atom. The van der Waals surface area contributed by atoms with Crippen molar-refractivity contribution in [1.29, 1.82) is 0 Å². The third-order valence-corrected chi connectivity index (χ3v) is 7.68. The summed E-state index contributed by atoms with van der Waals surface area (Å²) in [6, 6.07) is 9.11. The summed E-state index contributed by atoms with van der Waals surface area (Å²) in [7, 11) is -1.12. The summed E-state index contributed by atoms with van der Waals surface area (Å²) in [5.41, 5.74) is 18.8. The van der Waals surface area contributed by atoms with Gasteiger partial charge < -0.3 is 42.6 Å². The first-order chi connectivity index (χ1) is 20.3. The van der Waals surface area contributed by atoms with Crippen LogP contribution in [0.3, 0.4) is 0 Å². The number of benzene rings is 2. The number of carbonyl (C=O) groups excluding carboxylic acids is 1. The molecule has 1 amide bonds. The average molecular weight is 609 g/mol. The van der Waals surface area contributed by atoms with E-state index in [2.05, 4.69) is 10.6 Å². The van der Waals surface area contributed by atoms with Crippen LogP contribution in [0.2, 0.25) is 0 Å². The van der Waals surface area contributed by atoms with E-state index >= 15 is 0 Å². The molecule has 3 atom stereocenters. The van der Waals surface area contributed by atoms with Crippen molar-refractivity contribution in [3.63, 3.8) is 0 Å². The predicted octanol–water partition coefficient (Wildman–Crippen LogP) is 0.833. The molecule has 0 spiro atoms. The zero-order valence-electron chi connectivity index (χ0n) is 24.7. The standard InChI is InChI=1S/C29H44BF3N6O4/c1-28(2)22-4-3-5-24(26(22)30(42)43-28)37-18-21(11-8-19-6-9-20(10-7-19)29(31,32)33)38-27(41)23(36)12-13-25(40)39(16-14-34)17-15-35/h3-7,9-10,21,23,25,37,40,42H,8,11-18,34-36H2,1-2H3,(H,38,41). The number of aliphatic hydroxyl groups excluding tert-OH is 1. The van der Waals surface area contributed by atoms with Crippen molar-refractivity contribution in [2.24, 2.45) is 17.2 Å². The molecule has 10 N–H and O–H groups in total. The van der Waals surface area contributed by atoms with E-state index in [-0.39, 0.29) is 19.4 Å². The minimum absolute atomic E-state index is 0.211. The SMILES string of the molecule is CC1(C)OB(O)c2c(NCC(CCc3ccc(C(F)(F)F)cc3)NC(=O)C(N)CCC(O)N(CCN)CCN)cccc21. The quantitative estimate of drug-likeness (QED) is 0.108. The molecule has 2 aromatic carbocycles. The van der Waals surface area contributed by atoms with Crippen LogP contribution >= 0.6 is 0 Å². The number of hydrogen-bond acceptors (Lipinski definition) is 9. The van der Waals surface area contributed by atoms with E-state index in [1.807, 2.05) is 32.0 Å². The number of hydrogen-bond donors (Lipinski definition) is 7. The van der Waals surface area contributed by atoms with Crippen LogP contribution < -0.4 is 33.3 Å². The van der Waals surface area contributed by atoms with Gasteiger partial charge in [-0.05, 0) is 68.9 Å². The summed E-state index contributed by atoms with van der Waals surface area (Å²) in [6.45, 7) is 5.59. The van der Waals surface area contributed by atoms with Gasteiger partial charge >= 0.3 is 13.3 Å². The third kappa shape index (κ3) is 9.64.